The van der Waals surface area contributed by atoms with Crippen LogP contribution in [0.3, 0.4) is 0 Å². The Kier molecular flexibility index (Phi) is 18.0. The van der Waals surface area contributed by atoms with Crippen molar-refractivity contribution >= 4 is 132 Å². The Labute approximate surface area is 670 Å². The van der Waals surface area contributed by atoms with E-state index in [1.54, 1.807) is 0 Å². The van der Waals surface area contributed by atoms with Crippen molar-refractivity contribution in [3.63, 3.8) is 0 Å². The smallest absolute Gasteiger partial charge is 0.256 e. The second kappa shape index (κ2) is 26.6. The van der Waals surface area contributed by atoms with Crippen molar-refractivity contribution in [1.82, 2.24) is 0 Å². The maximum Gasteiger partial charge on any atom is 0.256 e. The second-order valence-corrected chi connectivity index (χ2v) is 40.5. The minimum Gasteiger partial charge on any atom is -0.458 e. The summed E-state index contributed by atoms with van der Waals surface area (Å²) in [6.45, 7) is 56.9. The van der Waals surface area contributed by atoms with Crippen LogP contribution in [0.15, 0.2) is 249 Å². The molecule has 0 aromatic heterocycles. The van der Waals surface area contributed by atoms with Gasteiger partial charge in [0.1, 0.15) is 11.5 Å². The fourth-order valence-electron chi connectivity index (χ4n) is 17.6. The Bertz CT molecular complexity index is 5510. The third-order valence-corrected chi connectivity index (χ3v) is 23.9. The van der Waals surface area contributed by atoms with Crippen LogP contribution < -0.4 is 62.0 Å². The molecule has 4 aliphatic rings. The molecule has 0 saturated carbocycles. The van der Waals surface area contributed by atoms with Gasteiger partial charge in [0, 0.05) is 86.1 Å². The van der Waals surface area contributed by atoms with E-state index in [4.69, 9.17) is 4.74 Å². The molecule has 0 aliphatic carbocycles. The van der Waals surface area contributed by atoms with Crippen molar-refractivity contribution in [1.29, 1.82) is 0 Å². The molecule has 4 aliphatic heterocycles. The van der Waals surface area contributed by atoms with Crippen molar-refractivity contribution in [2.24, 2.45) is 0 Å². The summed E-state index contributed by atoms with van der Waals surface area (Å²) in [6, 6.07) is 95.4. The van der Waals surface area contributed by atoms with Crippen LogP contribution in [-0.2, 0) is 43.3 Å². The van der Waals surface area contributed by atoms with E-state index in [1.807, 2.05) is 0 Å². The van der Waals surface area contributed by atoms with Gasteiger partial charge in [-0.2, -0.15) is 0 Å². The maximum absolute atomic E-state index is 8.22. The molecule has 0 saturated heterocycles. The normalized spacial score (nSPS) is 14.1. The SMILES string of the molecule is CC(C)(C)c1cc(N2c3cc(N(c4ccccc4)c4ccccc4)cc4c3B(c3cc5c(cc3O4)N(c3ccccc3)c3cc(N(c4ccccc4)c4ccccc4)cc4c3B5c3c(cc(C(C)(C)C)cc3C(C)(C)C)N4c3cc(C(C)(C)C)cc(C(C)(C)C)c3)c3c2cc(C(C)(C)C)cc3C(C)(C)C)cc(C(C)(C)C)c1. The van der Waals surface area contributed by atoms with E-state index < -0.39 is 0 Å². The van der Waals surface area contributed by atoms with Crippen LogP contribution in [0.2, 0.25) is 0 Å². The van der Waals surface area contributed by atoms with E-state index >= 15 is 0 Å². The van der Waals surface area contributed by atoms with Crippen LogP contribution in [0.5, 0.6) is 11.5 Å². The van der Waals surface area contributed by atoms with Gasteiger partial charge >= 0.3 is 0 Å². The molecule has 8 heteroatoms. The molecule has 12 aromatic rings. The lowest BCUT2D eigenvalue weighted by Gasteiger charge is -2.48. The van der Waals surface area contributed by atoms with E-state index in [0.29, 0.717) is 0 Å². The lowest BCUT2D eigenvalue weighted by atomic mass is 9.29. The number of hydrogen-bond donors (Lipinski definition) is 0. The molecule has 0 unspecified atom stereocenters. The molecule has 4 heterocycles. The molecule has 0 radical (unpaired) electrons. The van der Waals surface area contributed by atoms with Gasteiger partial charge < -0.3 is 29.2 Å². The molecule has 0 amide bonds. The first-order valence-electron chi connectivity index (χ1n) is 40.8. The van der Waals surface area contributed by atoms with Gasteiger partial charge in [-0.15, -0.1) is 0 Å². The number of ether oxygens (including phenoxy) is 1. The zero-order chi connectivity index (χ0) is 79.6. The number of rotatable bonds is 9. The van der Waals surface area contributed by atoms with E-state index in [2.05, 4.69) is 439 Å². The fraction of sp³-hybridized carbons (Fsp3) is 0.308. The van der Waals surface area contributed by atoms with Crippen molar-refractivity contribution in [3.8, 4) is 11.5 Å². The third-order valence-electron chi connectivity index (χ3n) is 23.9. The summed E-state index contributed by atoms with van der Waals surface area (Å²) in [4.78, 5) is 12.9. The van der Waals surface area contributed by atoms with Crippen LogP contribution >= 0.6 is 0 Å². The molecule has 112 heavy (non-hydrogen) atoms. The molecular formula is C104H113B2N5O. The Morgan fingerprint density at radius 1 is 0.223 bits per heavy atom. The van der Waals surface area contributed by atoms with Gasteiger partial charge in [-0.05, 0) is 236 Å². The topological polar surface area (TPSA) is 25.4 Å². The molecule has 6 nitrogen and oxygen atoms in total. The highest BCUT2D eigenvalue weighted by molar-refractivity contribution is 7.03. The molecular weight excluding hydrogens is 1360 g/mol. The zero-order valence-electron chi connectivity index (χ0n) is 71.0. The highest BCUT2D eigenvalue weighted by atomic mass is 16.5. The minimum atomic E-state index is -0.321. The van der Waals surface area contributed by atoms with Crippen LogP contribution in [0.25, 0.3) is 0 Å². The summed E-state index contributed by atoms with van der Waals surface area (Å²) in [6.07, 6.45) is 0. The number of anilines is 15. The quantitative estimate of drug-likeness (QED) is 0.134. The molecule has 0 bridgehead atoms. The van der Waals surface area contributed by atoms with Crippen LogP contribution in [-0.4, -0.2) is 13.4 Å². The van der Waals surface area contributed by atoms with Crippen LogP contribution in [0.1, 0.15) is 211 Å². The predicted octanol–water partition coefficient (Wildman–Crippen LogP) is 25.5. The highest BCUT2D eigenvalue weighted by Gasteiger charge is 2.52. The summed E-state index contributed by atoms with van der Waals surface area (Å²) >= 11 is 0. The monoisotopic (exact) mass is 1470 g/mol. The van der Waals surface area contributed by atoms with Gasteiger partial charge in [-0.25, -0.2) is 0 Å². The number of benzene rings is 12. The summed E-state index contributed by atoms with van der Waals surface area (Å²) in [7, 11) is 0. The van der Waals surface area contributed by atoms with Gasteiger partial charge in [-0.1, -0.05) is 287 Å². The standard InChI is InChI=1S/C104H113B2N5O/c1-97(2,3)66-50-67(98(4,5)6)53-77(52-66)110-86-58-70(101(13,14)15)56-81(103(19,20)21)93(86)105-83-64-84-91(65-85(83)109(76-48-38-29-39-49-76)88-60-79(61-89(110)95(88)105)107(72-40-30-25-31-41-72)73-42-32-26-33-43-73)112-92-63-80(108(74-44-34-27-35-45-74)75-46-36-28-37-47-75)62-90-96(92)106(84)94-82(104(22,23)24)57-71(102(16,17)18)59-87(94)111(90)78-54-68(99(7,8)9)51-69(55-78)100(10,11)12/h25-65H,1-24H3. The van der Waals surface area contributed by atoms with Gasteiger partial charge in [0.25, 0.3) is 13.4 Å². The van der Waals surface area contributed by atoms with E-state index in [0.717, 1.165) is 96.4 Å². The van der Waals surface area contributed by atoms with Gasteiger partial charge in [0.2, 0.25) is 0 Å². The molecule has 566 valence electrons. The Hall–Kier alpha value is -10.4. The van der Waals surface area contributed by atoms with Crippen LogP contribution in [0.4, 0.5) is 85.3 Å². The Morgan fingerprint density at radius 3 is 0.857 bits per heavy atom. The third kappa shape index (κ3) is 13.3. The second-order valence-electron chi connectivity index (χ2n) is 40.5. The molecule has 0 fully saturated rings. The molecule has 12 aromatic carbocycles. The zero-order valence-corrected chi connectivity index (χ0v) is 71.0. The van der Waals surface area contributed by atoms with E-state index in [9.17, 15) is 0 Å². The maximum atomic E-state index is 8.22. The molecule has 0 N–H and O–H groups in total. The first kappa shape index (κ1) is 75.6. The van der Waals surface area contributed by atoms with Gasteiger partial charge in [-0.3, -0.25) is 0 Å². The van der Waals surface area contributed by atoms with Crippen molar-refractivity contribution < 1.29 is 4.74 Å². The van der Waals surface area contributed by atoms with Crippen LogP contribution in [0, 0.1) is 0 Å². The summed E-state index contributed by atoms with van der Waals surface area (Å²) in [5, 5.41) is 0. The van der Waals surface area contributed by atoms with Gasteiger partial charge in [0.05, 0.1) is 11.4 Å². The summed E-state index contributed by atoms with van der Waals surface area (Å²) in [5.41, 5.74) is 32.7. The number of hydrogen-bond acceptors (Lipinski definition) is 6. The lowest BCUT2D eigenvalue weighted by molar-refractivity contribution is 0.488. The number of nitrogens with zero attached hydrogens (tertiary/aromatic N) is 5. The first-order chi connectivity index (χ1) is 52.6. The number of para-hydroxylation sites is 5. The Balaban J connectivity index is 1.09. The van der Waals surface area contributed by atoms with Crippen molar-refractivity contribution in [3.05, 3.63) is 293 Å². The average Bonchev–Trinajstić information content (AvgIpc) is 0.685. The predicted molar refractivity (Wildman–Crippen MR) is 485 cm³/mol. The highest BCUT2D eigenvalue weighted by Crippen LogP contribution is 2.54. The first-order valence-corrected chi connectivity index (χ1v) is 40.8. The van der Waals surface area contributed by atoms with Gasteiger partial charge in [0.15, 0.2) is 0 Å². The molecule has 0 atom stereocenters. The summed E-state index contributed by atoms with van der Waals surface area (Å²) in [5.74, 6) is 1.68. The molecule has 0 spiro atoms. The van der Waals surface area contributed by atoms with Crippen molar-refractivity contribution in [2.75, 3.05) is 24.5 Å². The minimum absolute atomic E-state index is 0.167. The Morgan fingerprint density at radius 2 is 0.518 bits per heavy atom. The van der Waals surface area contributed by atoms with E-state index in [-0.39, 0.29) is 56.7 Å². The van der Waals surface area contributed by atoms with E-state index in [1.165, 1.54) is 77.7 Å². The number of fused-ring (bicyclic) bond motifs is 8. The summed E-state index contributed by atoms with van der Waals surface area (Å²) < 4.78 is 8.22. The fourth-order valence-corrected chi connectivity index (χ4v) is 17.6. The molecule has 16 rings (SSSR count). The average molecular weight is 1470 g/mol. The largest absolute Gasteiger partial charge is 0.458 e. The van der Waals surface area contributed by atoms with Crippen molar-refractivity contribution in [2.45, 2.75) is 209 Å². The lowest BCUT2D eigenvalue weighted by Crippen LogP contribution is -2.65.